The van der Waals surface area contributed by atoms with Crippen LogP contribution in [0.1, 0.15) is 27.3 Å². The lowest BCUT2D eigenvalue weighted by atomic mass is 10.1. The van der Waals surface area contributed by atoms with Crippen molar-refractivity contribution in [1.29, 1.82) is 0 Å². The van der Waals surface area contributed by atoms with Crippen LogP contribution in [0.2, 0.25) is 0 Å². The number of carbonyl (C=O) groups excluding carboxylic acids is 1. The second-order valence-electron chi connectivity index (χ2n) is 7.08. The van der Waals surface area contributed by atoms with E-state index in [1.807, 2.05) is 4.90 Å². The number of alkyl halides is 3. The molecular weight excluding hydrogens is 377 g/mol. The van der Waals surface area contributed by atoms with Crippen LogP contribution in [-0.4, -0.2) is 66.0 Å². The SMILES string of the molecule is Cc1c(C(=O)N2CCC(N3CCNCC3)C2)sc2nc(C(F)(F)F)ccc12. The van der Waals surface area contributed by atoms with E-state index >= 15 is 0 Å². The number of carbonyl (C=O) groups is 1. The Morgan fingerprint density at radius 2 is 2.00 bits per heavy atom. The van der Waals surface area contributed by atoms with E-state index in [-0.39, 0.29) is 10.7 Å². The minimum atomic E-state index is -4.48. The first kappa shape index (κ1) is 18.6. The average Bonchev–Trinajstić information content (AvgIpc) is 3.26. The summed E-state index contributed by atoms with van der Waals surface area (Å²) in [5, 5.41) is 3.95. The highest BCUT2D eigenvalue weighted by Crippen LogP contribution is 2.35. The summed E-state index contributed by atoms with van der Waals surface area (Å²) >= 11 is 1.06. The lowest BCUT2D eigenvalue weighted by Gasteiger charge is -2.32. The molecule has 1 N–H and O–H groups in total. The van der Waals surface area contributed by atoms with Gasteiger partial charge in [0, 0.05) is 50.7 Å². The van der Waals surface area contributed by atoms with Crippen molar-refractivity contribution in [2.24, 2.45) is 0 Å². The molecule has 9 heteroatoms. The lowest BCUT2D eigenvalue weighted by molar-refractivity contribution is -0.140. The van der Waals surface area contributed by atoms with Crippen LogP contribution in [0.25, 0.3) is 10.2 Å². The maximum absolute atomic E-state index is 13.0. The molecule has 2 fully saturated rings. The van der Waals surface area contributed by atoms with Crippen molar-refractivity contribution in [2.75, 3.05) is 39.3 Å². The fourth-order valence-corrected chi connectivity index (χ4v) is 5.02. The average molecular weight is 398 g/mol. The first-order valence-corrected chi connectivity index (χ1v) is 9.87. The Hall–Kier alpha value is -1.71. The van der Waals surface area contributed by atoms with Gasteiger partial charge in [-0.05, 0) is 31.0 Å². The molecule has 146 valence electrons. The Morgan fingerprint density at radius 1 is 1.26 bits per heavy atom. The number of fused-ring (bicyclic) bond motifs is 1. The highest BCUT2D eigenvalue weighted by molar-refractivity contribution is 7.20. The van der Waals surface area contributed by atoms with Crippen LogP contribution < -0.4 is 5.32 Å². The maximum atomic E-state index is 13.0. The second-order valence-corrected chi connectivity index (χ2v) is 8.08. The molecule has 0 aromatic carbocycles. The summed E-state index contributed by atoms with van der Waals surface area (Å²) in [6, 6.07) is 2.76. The molecule has 0 radical (unpaired) electrons. The number of hydrogen-bond acceptors (Lipinski definition) is 5. The minimum absolute atomic E-state index is 0.0957. The lowest BCUT2D eigenvalue weighted by Crippen LogP contribution is -2.49. The summed E-state index contributed by atoms with van der Waals surface area (Å²) in [5.41, 5.74) is -0.206. The number of amides is 1. The number of pyridine rings is 1. The zero-order valence-electron chi connectivity index (χ0n) is 15.0. The van der Waals surface area contributed by atoms with Crippen molar-refractivity contribution < 1.29 is 18.0 Å². The molecule has 0 aliphatic carbocycles. The first-order chi connectivity index (χ1) is 12.8. The van der Waals surface area contributed by atoms with Crippen molar-refractivity contribution >= 4 is 27.5 Å². The molecule has 2 aliphatic heterocycles. The molecule has 27 heavy (non-hydrogen) atoms. The largest absolute Gasteiger partial charge is 0.433 e. The Labute approximate surface area is 159 Å². The fourth-order valence-electron chi connectivity index (χ4n) is 3.88. The topological polar surface area (TPSA) is 48.5 Å². The highest BCUT2D eigenvalue weighted by Gasteiger charge is 2.35. The minimum Gasteiger partial charge on any atom is -0.336 e. The van der Waals surface area contributed by atoms with E-state index in [0.29, 0.717) is 35.0 Å². The number of halogens is 3. The van der Waals surface area contributed by atoms with Gasteiger partial charge >= 0.3 is 6.18 Å². The van der Waals surface area contributed by atoms with E-state index in [1.54, 1.807) is 6.92 Å². The van der Waals surface area contributed by atoms with Crippen molar-refractivity contribution in [1.82, 2.24) is 20.1 Å². The van der Waals surface area contributed by atoms with Crippen LogP contribution in [0.5, 0.6) is 0 Å². The van der Waals surface area contributed by atoms with Crippen molar-refractivity contribution in [3.8, 4) is 0 Å². The van der Waals surface area contributed by atoms with Crippen molar-refractivity contribution in [2.45, 2.75) is 25.6 Å². The number of aryl methyl sites for hydroxylation is 1. The van der Waals surface area contributed by atoms with Gasteiger partial charge in [-0.3, -0.25) is 9.69 Å². The van der Waals surface area contributed by atoms with E-state index in [2.05, 4.69) is 15.2 Å². The predicted molar refractivity (Wildman–Crippen MR) is 98.1 cm³/mol. The van der Waals surface area contributed by atoms with E-state index < -0.39 is 11.9 Å². The Balaban J connectivity index is 1.55. The number of nitrogens with one attached hydrogen (secondary N) is 1. The number of aromatic nitrogens is 1. The molecule has 2 saturated heterocycles. The summed E-state index contributed by atoms with van der Waals surface area (Å²) in [6.07, 6.45) is -3.55. The number of nitrogens with zero attached hydrogens (tertiary/aromatic N) is 3. The van der Waals surface area contributed by atoms with Crippen LogP contribution >= 0.6 is 11.3 Å². The first-order valence-electron chi connectivity index (χ1n) is 9.06. The van der Waals surface area contributed by atoms with Crippen LogP contribution in [0, 0.1) is 6.92 Å². The van der Waals surface area contributed by atoms with Gasteiger partial charge in [0.25, 0.3) is 5.91 Å². The number of piperazine rings is 1. The molecule has 4 rings (SSSR count). The molecule has 5 nitrogen and oxygen atoms in total. The second kappa shape index (κ2) is 7.03. The molecule has 0 spiro atoms. The normalized spacial score (nSPS) is 21.9. The third kappa shape index (κ3) is 3.55. The Morgan fingerprint density at radius 3 is 2.70 bits per heavy atom. The quantitative estimate of drug-likeness (QED) is 0.845. The molecule has 1 atom stereocenters. The summed E-state index contributed by atoms with van der Waals surface area (Å²) in [4.78, 5) is 21.7. The Bertz CT molecular complexity index is 860. The Kier molecular flexibility index (Phi) is 4.85. The zero-order valence-corrected chi connectivity index (χ0v) is 15.8. The molecule has 2 aromatic heterocycles. The van der Waals surface area contributed by atoms with Crippen LogP contribution in [-0.2, 0) is 6.18 Å². The van der Waals surface area contributed by atoms with Crippen molar-refractivity contribution in [3.63, 3.8) is 0 Å². The third-order valence-corrected chi connectivity index (χ3v) is 6.60. The summed E-state index contributed by atoms with van der Waals surface area (Å²) in [6.45, 7) is 7.04. The number of likely N-dealkylation sites (tertiary alicyclic amines) is 1. The monoisotopic (exact) mass is 398 g/mol. The van der Waals surface area contributed by atoms with E-state index in [9.17, 15) is 18.0 Å². The number of hydrogen-bond donors (Lipinski definition) is 1. The summed E-state index contributed by atoms with van der Waals surface area (Å²) < 4.78 is 38.7. The molecular formula is C18H21F3N4OS. The molecule has 4 heterocycles. The smallest absolute Gasteiger partial charge is 0.336 e. The third-order valence-electron chi connectivity index (χ3n) is 5.41. The van der Waals surface area contributed by atoms with Gasteiger partial charge in [0.15, 0.2) is 0 Å². The van der Waals surface area contributed by atoms with Crippen LogP contribution in [0.15, 0.2) is 12.1 Å². The molecule has 1 unspecified atom stereocenters. The van der Waals surface area contributed by atoms with E-state index in [1.165, 1.54) is 6.07 Å². The molecule has 2 aliphatic rings. The van der Waals surface area contributed by atoms with Gasteiger partial charge in [0.05, 0.1) is 4.88 Å². The van der Waals surface area contributed by atoms with Gasteiger partial charge in [0.2, 0.25) is 0 Å². The van der Waals surface area contributed by atoms with Gasteiger partial charge in [0.1, 0.15) is 10.5 Å². The molecule has 0 bridgehead atoms. The van der Waals surface area contributed by atoms with Gasteiger partial charge in [-0.1, -0.05) is 0 Å². The van der Waals surface area contributed by atoms with Crippen molar-refractivity contribution in [3.05, 3.63) is 28.3 Å². The number of thiophene rings is 1. The highest BCUT2D eigenvalue weighted by atomic mass is 32.1. The molecule has 2 aromatic rings. The molecule has 1 amide bonds. The van der Waals surface area contributed by atoms with Crippen LogP contribution in [0.3, 0.4) is 0 Å². The summed E-state index contributed by atoms with van der Waals surface area (Å²) in [5.74, 6) is -0.0957. The predicted octanol–water partition coefficient (Wildman–Crippen LogP) is 2.74. The summed E-state index contributed by atoms with van der Waals surface area (Å²) in [7, 11) is 0. The van der Waals surface area contributed by atoms with Gasteiger partial charge in [-0.15, -0.1) is 11.3 Å². The van der Waals surface area contributed by atoms with E-state index in [4.69, 9.17) is 0 Å². The number of rotatable bonds is 2. The van der Waals surface area contributed by atoms with Gasteiger partial charge in [-0.25, -0.2) is 4.98 Å². The fraction of sp³-hybridized carbons (Fsp3) is 0.556. The van der Waals surface area contributed by atoms with E-state index in [0.717, 1.165) is 50.0 Å². The van der Waals surface area contributed by atoms with Gasteiger partial charge in [-0.2, -0.15) is 13.2 Å². The maximum Gasteiger partial charge on any atom is 0.433 e. The molecule has 0 saturated carbocycles. The van der Waals surface area contributed by atoms with Gasteiger partial charge < -0.3 is 10.2 Å². The van der Waals surface area contributed by atoms with Crippen LogP contribution in [0.4, 0.5) is 13.2 Å². The zero-order chi connectivity index (χ0) is 19.2. The standard InChI is InChI=1S/C18H21F3N4OS/c1-11-13-2-3-14(18(19,20)21)23-16(13)27-15(11)17(26)25-7-4-12(10-25)24-8-5-22-6-9-24/h2-3,12,22H,4-10H2,1H3.